The summed E-state index contributed by atoms with van der Waals surface area (Å²) in [6.45, 7) is 2.45. The minimum absolute atomic E-state index is 0.00466. The number of nitrogens with one attached hydrogen (secondary N) is 1. The summed E-state index contributed by atoms with van der Waals surface area (Å²) in [6.07, 6.45) is 1.50. The van der Waals surface area contributed by atoms with Gasteiger partial charge in [-0.3, -0.25) is 0 Å². The average Bonchev–Trinajstić information content (AvgIpc) is 3.02. The van der Waals surface area contributed by atoms with E-state index in [1.807, 2.05) is 31.2 Å². The smallest absolute Gasteiger partial charge is 0.216 e. The minimum Gasteiger partial charge on any atom is -0.504 e. The number of aromatic amines is 1. The zero-order chi connectivity index (χ0) is 18.5. The Kier molecular flexibility index (Phi) is 5.33. The standard InChI is InChI=1S/C18H18N4O3S/c1-3-25-14-9-5-4-8-13(14)17-20-21-18(26)22(17)19-11-12-7-6-10-15(24-2)16(12)23/h4-11,23H,3H2,1-2H3,(H,21,26)/b19-11+. The molecule has 0 aliphatic rings. The molecule has 0 radical (unpaired) electrons. The van der Waals surface area contributed by atoms with Gasteiger partial charge in [-0.15, -0.1) is 0 Å². The first-order valence-electron chi connectivity index (χ1n) is 7.95. The van der Waals surface area contributed by atoms with Gasteiger partial charge in [-0.05, 0) is 43.4 Å². The van der Waals surface area contributed by atoms with Crippen molar-refractivity contribution in [3.63, 3.8) is 0 Å². The maximum Gasteiger partial charge on any atom is 0.216 e. The van der Waals surface area contributed by atoms with Gasteiger partial charge in [0.1, 0.15) is 5.75 Å². The fraction of sp³-hybridized carbons (Fsp3) is 0.167. The van der Waals surface area contributed by atoms with Gasteiger partial charge < -0.3 is 14.6 Å². The zero-order valence-corrected chi connectivity index (χ0v) is 15.2. The van der Waals surface area contributed by atoms with Gasteiger partial charge in [0.25, 0.3) is 0 Å². The normalized spacial score (nSPS) is 11.0. The van der Waals surface area contributed by atoms with E-state index in [0.717, 1.165) is 5.56 Å². The number of hydrogen-bond donors (Lipinski definition) is 2. The number of nitrogens with zero attached hydrogens (tertiary/aromatic N) is 3. The number of aromatic hydroxyl groups is 1. The Bertz CT molecular complexity index is 994. The summed E-state index contributed by atoms with van der Waals surface area (Å²) in [6, 6.07) is 12.7. The highest BCUT2D eigenvalue weighted by molar-refractivity contribution is 7.71. The first-order valence-corrected chi connectivity index (χ1v) is 8.36. The Morgan fingerprint density at radius 2 is 2.00 bits per heavy atom. The molecule has 0 bridgehead atoms. The molecule has 3 rings (SSSR count). The van der Waals surface area contributed by atoms with Crippen LogP contribution in [-0.4, -0.2) is 39.9 Å². The molecule has 134 valence electrons. The second-order valence-corrected chi connectivity index (χ2v) is 5.62. The van der Waals surface area contributed by atoms with Crippen LogP contribution in [0.2, 0.25) is 0 Å². The summed E-state index contributed by atoms with van der Waals surface area (Å²) in [5.41, 5.74) is 1.25. The molecule has 0 atom stereocenters. The SMILES string of the molecule is CCOc1ccccc1-c1n[nH]c(=S)n1/N=C/c1cccc(OC)c1O. The molecule has 0 fully saturated rings. The van der Waals surface area contributed by atoms with Gasteiger partial charge in [-0.25, -0.2) is 5.10 Å². The lowest BCUT2D eigenvalue weighted by Crippen LogP contribution is -1.99. The van der Waals surface area contributed by atoms with Crippen molar-refractivity contribution in [3.8, 4) is 28.6 Å². The summed E-state index contributed by atoms with van der Waals surface area (Å²) in [5, 5.41) is 21.6. The summed E-state index contributed by atoms with van der Waals surface area (Å²) < 4.78 is 12.6. The van der Waals surface area contributed by atoms with Crippen LogP contribution in [0, 0.1) is 4.77 Å². The van der Waals surface area contributed by atoms with Crippen molar-refractivity contribution < 1.29 is 14.6 Å². The van der Waals surface area contributed by atoms with Crippen LogP contribution in [-0.2, 0) is 0 Å². The number of H-pyrrole nitrogens is 1. The predicted molar refractivity (Wildman–Crippen MR) is 102 cm³/mol. The Hall–Kier alpha value is -3.13. The van der Waals surface area contributed by atoms with Crippen molar-refractivity contribution in [3.05, 3.63) is 52.8 Å². The van der Waals surface area contributed by atoms with E-state index in [0.29, 0.717) is 34.3 Å². The van der Waals surface area contributed by atoms with Crippen molar-refractivity contribution in [2.75, 3.05) is 13.7 Å². The molecule has 0 aliphatic carbocycles. The van der Waals surface area contributed by atoms with Crippen molar-refractivity contribution in [1.29, 1.82) is 0 Å². The highest BCUT2D eigenvalue weighted by atomic mass is 32.1. The molecule has 2 N–H and O–H groups in total. The van der Waals surface area contributed by atoms with E-state index in [-0.39, 0.29) is 5.75 Å². The molecule has 0 saturated heterocycles. The van der Waals surface area contributed by atoms with Gasteiger partial charge in [0, 0.05) is 5.56 Å². The quantitative estimate of drug-likeness (QED) is 0.511. The van der Waals surface area contributed by atoms with Gasteiger partial charge in [0.15, 0.2) is 17.3 Å². The maximum absolute atomic E-state index is 10.2. The molecule has 0 unspecified atom stereocenters. The van der Waals surface area contributed by atoms with Crippen LogP contribution in [0.3, 0.4) is 0 Å². The third-order valence-electron chi connectivity index (χ3n) is 3.64. The van der Waals surface area contributed by atoms with Crippen LogP contribution in [0.4, 0.5) is 0 Å². The Morgan fingerprint density at radius 3 is 2.77 bits per heavy atom. The van der Waals surface area contributed by atoms with Crippen molar-refractivity contribution >= 4 is 18.4 Å². The second-order valence-electron chi connectivity index (χ2n) is 5.24. The molecule has 8 heteroatoms. The Morgan fingerprint density at radius 1 is 1.23 bits per heavy atom. The average molecular weight is 370 g/mol. The molecule has 3 aromatic rings. The first kappa shape index (κ1) is 17.7. The van der Waals surface area contributed by atoms with Crippen LogP contribution >= 0.6 is 12.2 Å². The van der Waals surface area contributed by atoms with Gasteiger partial charge >= 0.3 is 0 Å². The molecular formula is C18H18N4O3S. The molecule has 0 saturated carbocycles. The number of benzene rings is 2. The second kappa shape index (κ2) is 7.83. The van der Waals surface area contributed by atoms with E-state index in [2.05, 4.69) is 15.3 Å². The lowest BCUT2D eigenvalue weighted by Gasteiger charge is -2.09. The molecule has 0 amide bonds. The number of phenolic OH excluding ortho intramolecular Hbond substituents is 1. The van der Waals surface area contributed by atoms with E-state index in [1.54, 1.807) is 18.2 Å². The monoisotopic (exact) mass is 370 g/mol. The molecule has 26 heavy (non-hydrogen) atoms. The van der Waals surface area contributed by atoms with E-state index >= 15 is 0 Å². The number of rotatable bonds is 6. The number of hydrogen-bond acceptors (Lipinski definition) is 6. The Labute approximate surface area is 155 Å². The molecule has 0 spiro atoms. The van der Waals surface area contributed by atoms with Gasteiger partial charge in [0.05, 0.1) is 25.5 Å². The lowest BCUT2D eigenvalue weighted by molar-refractivity contribution is 0.341. The third-order valence-corrected chi connectivity index (χ3v) is 3.90. The highest BCUT2D eigenvalue weighted by Crippen LogP contribution is 2.30. The largest absolute Gasteiger partial charge is 0.504 e. The summed E-state index contributed by atoms with van der Waals surface area (Å²) in [7, 11) is 1.49. The van der Waals surface area contributed by atoms with Crippen LogP contribution < -0.4 is 9.47 Å². The fourth-order valence-electron chi connectivity index (χ4n) is 2.43. The van der Waals surface area contributed by atoms with E-state index in [4.69, 9.17) is 21.7 Å². The highest BCUT2D eigenvalue weighted by Gasteiger charge is 2.13. The molecule has 1 heterocycles. The van der Waals surface area contributed by atoms with Gasteiger partial charge in [0.2, 0.25) is 4.77 Å². The van der Waals surface area contributed by atoms with E-state index < -0.39 is 0 Å². The number of phenols is 1. The zero-order valence-electron chi connectivity index (χ0n) is 14.3. The van der Waals surface area contributed by atoms with Crippen LogP contribution in [0.25, 0.3) is 11.4 Å². The topological polar surface area (TPSA) is 84.7 Å². The molecule has 2 aromatic carbocycles. The van der Waals surface area contributed by atoms with E-state index in [1.165, 1.54) is 18.0 Å². The number of methoxy groups -OCH3 is 1. The fourth-order valence-corrected chi connectivity index (χ4v) is 2.61. The number of aromatic nitrogens is 3. The molecule has 1 aromatic heterocycles. The predicted octanol–water partition coefficient (Wildman–Crippen LogP) is 3.60. The van der Waals surface area contributed by atoms with Crippen molar-refractivity contribution in [2.24, 2.45) is 5.10 Å². The third kappa shape index (κ3) is 3.45. The maximum atomic E-state index is 10.2. The molecule has 0 aliphatic heterocycles. The summed E-state index contributed by atoms with van der Waals surface area (Å²) in [4.78, 5) is 0. The summed E-state index contributed by atoms with van der Waals surface area (Å²) in [5.74, 6) is 1.57. The number of ether oxygens (including phenoxy) is 2. The van der Waals surface area contributed by atoms with Crippen LogP contribution in [0.15, 0.2) is 47.6 Å². The minimum atomic E-state index is 0.00466. The number of para-hydroxylation sites is 2. The van der Waals surface area contributed by atoms with E-state index in [9.17, 15) is 5.11 Å². The lowest BCUT2D eigenvalue weighted by atomic mass is 10.2. The summed E-state index contributed by atoms with van der Waals surface area (Å²) >= 11 is 5.28. The van der Waals surface area contributed by atoms with Gasteiger partial charge in [-0.2, -0.15) is 14.9 Å². The van der Waals surface area contributed by atoms with Gasteiger partial charge in [-0.1, -0.05) is 18.2 Å². The van der Waals surface area contributed by atoms with Crippen molar-refractivity contribution in [2.45, 2.75) is 6.92 Å². The molecule has 7 nitrogen and oxygen atoms in total. The first-order chi connectivity index (χ1) is 12.7. The van der Waals surface area contributed by atoms with Crippen LogP contribution in [0.1, 0.15) is 12.5 Å². The van der Waals surface area contributed by atoms with Crippen molar-refractivity contribution in [1.82, 2.24) is 14.9 Å². The molecular weight excluding hydrogens is 352 g/mol. The van der Waals surface area contributed by atoms with Crippen LogP contribution in [0.5, 0.6) is 17.2 Å². The Balaban J connectivity index is 2.04.